The summed E-state index contributed by atoms with van der Waals surface area (Å²) >= 11 is 0.833. The van der Waals surface area contributed by atoms with Crippen LogP contribution in [0.5, 0.6) is 11.5 Å². The minimum absolute atomic E-state index is 0.176. The molecule has 2 aliphatic heterocycles. The number of carbonyl (C=O) groups is 3. The van der Waals surface area contributed by atoms with Crippen LogP contribution in [0.25, 0.3) is 6.08 Å². The van der Waals surface area contributed by atoms with Gasteiger partial charge in [0.25, 0.3) is 11.1 Å². The molecule has 0 N–H and O–H groups in total. The highest BCUT2D eigenvalue weighted by Crippen LogP contribution is 2.37. The van der Waals surface area contributed by atoms with Gasteiger partial charge < -0.3 is 14.4 Å². The van der Waals surface area contributed by atoms with Crippen molar-refractivity contribution in [3.05, 3.63) is 28.7 Å². The SMILES string of the molecule is COc1cccc(/C=C2\SC(=O)N(CC(=O)N3CCCCCC3)C2=O)c1OC. The molecule has 0 atom stereocenters. The second-order valence-electron chi connectivity index (χ2n) is 6.65. The quantitative estimate of drug-likeness (QED) is 0.702. The summed E-state index contributed by atoms with van der Waals surface area (Å²) in [6.07, 6.45) is 5.74. The summed E-state index contributed by atoms with van der Waals surface area (Å²) in [5.41, 5.74) is 0.631. The lowest BCUT2D eigenvalue weighted by Crippen LogP contribution is -2.42. The molecular weight excluding hydrogens is 380 g/mol. The summed E-state index contributed by atoms with van der Waals surface area (Å²) in [5.74, 6) is 0.386. The maximum absolute atomic E-state index is 12.7. The van der Waals surface area contributed by atoms with Gasteiger partial charge >= 0.3 is 0 Å². The molecule has 1 aromatic carbocycles. The normalized spacial score (nSPS) is 19.1. The van der Waals surface area contributed by atoms with Gasteiger partial charge in [0.05, 0.1) is 19.1 Å². The molecule has 0 aromatic heterocycles. The number of thioether (sulfide) groups is 1. The van der Waals surface area contributed by atoms with Crippen LogP contribution < -0.4 is 9.47 Å². The van der Waals surface area contributed by atoms with Crippen LogP contribution >= 0.6 is 11.8 Å². The van der Waals surface area contributed by atoms with Crippen molar-refractivity contribution < 1.29 is 23.9 Å². The van der Waals surface area contributed by atoms with Crippen LogP contribution in [0.4, 0.5) is 4.79 Å². The molecule has 0 bridgehead atoms. The molecule has 3 amide bonds. The minimum Gasteiger partial charge on any atom is -0.493 e. The number of amides is 3. The Kier molecular flexibility index (Phi) is 6.61. The van der Waals surface area contributed by atoms with Gasteiger partial charge in [-0.3, -0.25) is 19.3 Å². The highest BCUT2D eigenvalue weighted by Gasteiger charge is 2.37. The average Bonchev–Trinajstić information content (AvgIpc) is 2.90. The maximum atomic E-state index is 12.7. The van der Waals surface area contributed by atoms with Crippen molar-refractivity contribution in [1.82, 2.24) is 9.80 Å². The molecule has 8 heteroatoms. The molecule has 0 unspecified atom stereocenters. The fourth-order valence-corrected chi connectivity index (χ4v) is 4.19. The molecule has 2 heterocycles. The first-order valence-electron chi connectivity index (χ1n) is 9.29. The molecule has 3 rings (SSSR count). The molecule has 2 fully saturated rings. The molecule has 1 aromatic rings. The standard InChI is InChI=1S/C20H24N2O5S/c1-26-15-9-7-8-14(18(15)27-2)12-16-19(24)22(20(25)28-16)13-17(23)21-10-5-3-4-6-11-21/h7-9,12H,3-6,10-11,13H2,1-2H3/b16-12-. The first kappa shape index (κ1) is 20.3. The Hall–Kier alpha value is -2.48. The van der Waals surface area contributed by atoms with E-state index in [0.717, 1.165) is 42.3 Å². The van der Waals surface area contributed by atoms with Crippen LogP contribution in [0.2, 0.25) is 0 Å². The molecule has 0 aliphatic carbocycles. The van der Waals surface area contributed by atoms with Gasteiger partial charge in [0.2, 0.25) is 5.91 Å². The van der Waals surface area contributed by atoms with E-state index in [4.69, 9.17) is 9.47 Å². The van der Waals surface area contributed by atoms with Crippen LogP contribution in [-0.2, 0) is 9.59 Å². The summed E-state index contributed by atoms with van der Waals surface area (Å²) in [7, 11) is 3.05. The van der Waals surface area contributed by atoms with Crippen molar-refractivity contribution in [3.8, 4) is 11.5 Å². The lowest BCUT2D eigenvalue weighted by atomic mass is 10.1. The van der Waals surface area contributed by atoms with E-state index in [0.29, 0.717) is 30.2 Å². The van der Waals surface area contributed by atoms with E-state index in [9.17, 15) is 14.4 Å². The predicted molar refractivity (Wildman–Crippen MR) is 107 cm³/mol. The zero-order valence-corrected chi connectivity index (χ0v) is 16.9. The Morgan fingerprint density at radius 2 is 1.82 bits per heavy atom. The van der Waals surface area contributed by atoms with Gasteiger partial charge in [0.15, 0.2) is 11.5 Å². The van der Waals surface area contributed by atoms with Crippen molar-refractivity contribution >= 4 is 34.9 Å². The highest BCUT2D eigenvalue weighted by molar-refractivity contribution is 8.18. The van der Waals surface area contributed by atoms with Gasteiger partial charge in [0, 0.05) is 18.7 Å². The van der Waals surface area contributed by atoms with Crippen LogP contribution in [-0.4, -0.2) is 60.7 Å². The minimum atomic E-state index is -0.456. The van der Waals surface area contributed by atoms with E-state index in [1.165, 1.54) is 14.2 Å². The van der Waals surface area contributed by atoms with Gasteiger partial charge in [-0.15, -0.1) is 0 Å². The van der Waals surface area contributed by atoms with Crippen molar-refractivity contribution in [3.63, 3.8) is 0 Å². The topological polar surface area (TPSA) is 76.2 Å². The van der Waals surface area contributed by atoms with E-state index in [-0.39, 0.29) is 17.4 Å². The third kappa shape index (κ3) is 4.32. The zero-order chi connectivity index (χ0) is 20.1. The van der Waals surface area contributed by atoms with Crippen LogP contribution in [0.1, 0.15) is 31.2 Å². The number of hydrogen-bond donors (Lipinski definition) is 0. The van der Waals surface area contributed by atoms with Crippen LogP contribution in [0.3, 0.4) is 0 Å². The van der Waals surface area contributed by atoms with Gasteiger partial charge in [-0.2, -0.15) is 0 Å². The lowest BCUT2D eigenvalue weighted by molar-refractivity contribution is -0.135. The molecule has 0 spiro atoms. The summed E-state index contributed by atoms with van der Waals surface area (Å²) in [6.45, 7) is 1.16. The number of nitrogens with zero attached hydrogens (tertiary/aromatic N) is 2. The van der Waals surface area contributed by atoms with Gasteiger partial charge in [-0.1, -0.05) is 25.0 Å². The predicted octanol–water partition coefficient (Wildman–Crippen LogP) is 3.14. The zero-order valence-electron chi connectivity index (χ0n) is 16.1. The van der Waals surface area contributed by atoms with Crippen molar-refractivity contribution in [2.75, 3.05) is 33.9 Å². The van der Waals surface area contributed by atoms with Gasteiger partial charge in [-0.05, 0) is 36.7 Å². The number of likely N-dealkylation sites (tertiary alicyclic amines) is 1. The summed E-state index contributed by atoms with van der Waals surface area (Å²) < 4.78 is 10.6. The largest absolute Gasteiger partial charge is 0.493 e. The molecule has 0 saturated carbocycles. The van der Waals surface area contributed by atoms with E-state index in [2.05, 4.69) is 0 Å². The Balaban J connectivity index is 1.76. The molecular formula is C20H24N2O5S. The second kappa shape index (κ2) is 9.14. The molecule has 0 radical (unpaired) electrons. The third-order valence-corrected chi connectivity index (χ3v) is 5.75. The lowest BCUT2D eigenvalue weighted by Gasteiger charge is -2.22. The fourth-order valence-electron chi connectivity index (χ4n) is 3.36. The van der Waals surface area contributed by atoms with Crippen LogP contribution in [0, 0.1) is 0 Å². The Morgan fingerprint density at radius 3 is 2.46 bits per heavy atom. The average molecular weight is 404 g/mol. The van der Waals surface area contributed by atoms with E-state index in [1.807, 2.05) is 0 Å². The number of para-hydroxylation sites is 1. The number of benzene rings is 1. The van der Waals surface area contributed by atoms with Crippen LogP contribution in [0.15, 0.2) is 23.1 Å². The monoisotopic (exact) mass is 404 g/mol. The number of imide groups is 1. The second-order valence-corrected chi connectivity index (χ2v) is 7.64. The fraction of sp³-hybridized carbons (Fsp3) is 0.450. The maximum Gasteiger partial charge on any atom is 0.294 e. The van der Waals surface area contributed by atoms with Crippen molar-refractivity contribution in [1.29, 1.82) is 0 Å². The van der Waals surface area contributed by atoms with Gasteiger partial charge in [0.1, 0.15) is 6.54 Å². The first-order chi connectivity index (χ1) is 13.5. The first-order valence-corrected chi connectivity index (χ1v) is 10.1. The summed E-state index contributed by atoms with van der Waals surface area (Å²) in [5, 5.41) is -0.429. The molecule has 28 heavy (non-hydrogen) atoms. The van der Waals surface area contributed by atoms with Gasteiger partial charge in [-0.25, -0.2) is 0 Å². The van der Waals surface area contributed by atoms with E-state index < -0.39 is 11.1 Å². The highest BCUT2D eigenvalue weighted by atomic mass is 32.2. The molecule has 7 nitrogen and oxygen atoms in total. The summed E-state index contributed by atoms with van der Waals surface area (Å²) in [4.78, 5) is 40.7. The molecule has 2 aliphatic rings. The molecule has 2 saturated heterocycles. The number of carbonyl (C=O) groups excluding carboxylic acids is 3. The Morgan fingerprint density at radius 1 is 1.11 bits per heavy atom. The number of methoxy groups -OCH3 is 2. The molecule has 150 valence electrons. The van der Waals surface area contributed by atoms with E-state index in [1.54, 1.807) is 29.2 Å². The van der Waals surface area contributed by atoms with Crippen molar-refractivity contribution in [2.24, 2.45) is 0 Å². The van der Waals surface area contributed by atoms with Crippen molar-refractivity contribution in [2.45, 2.75) is 25.7 Å². The third-order valence-electron chi connectivity index (χ3n) is 4.85. The summed E-state index contributed by atoms with van der Waals surface area (Å²) in [6, 6.07) is 5.31. The smallest absolute Gasteiger partial charge is 0.294 e. The number of ether oxygens (including phenoxy) is 2. The number of hydrogen-bond acceptors (Lipinski definition) is 6. The Labute approximate surface area is 168 Å². The Bertz CT molecular complexity index is 800. The number of rotatable bonds is 5. The van der Waals surface area contributed by atoms with E-state index >= 15 is 0 Å².